The van der Waals surface area contributed by atoms with Crippen LogP contribution in [0.4, 0.5) is 0 Å². The van der Waals surface area contributed by atoms with E-state index in [0.29, 0.717) is 13.0 Å². The topological polar surface area (TPSA) is 135 Å². The molecule has 1 heterocycles. The van der Waals surface area contributed by atoms with Crippen LogP contribution in [0.25, 0.3) is 0 Å². The summed E-state index contributed by atoms with van der Waals surface area (Å²) in [5, 5.41) is 39.9. The van der Waals surface area contributed by atoms with E-state index in [4.69, 9.17) is 18.9 Å². The molecule has 1 aliphatic heterocycles. The third-order valence-electron chi connectivity index (χ3n) is 9.20. The Kier molecular flexibility index (Phi) is 32.8. The van der Waals surface area contributed by atoms with Crippen LogP contribution in [0.2, 0.25) is 0 Å². The molecule has 53 heavy (non-hydrogen) atoms. The van der Waals surface area contributed by atoms with Crippen LogP contribution in [0, 0.1) is 0 Å². The van der Waals surface area contributed by atoms with Crippen LogP contribution >= 0.6 is 0 Å². The maximum absolute atomic E-state index is 12.7. The lowest BCUT2D eigenvalue weighted by atomic mass is 9.99. The van der Waals surface area contributed by atoms with E-state index in [1.54, 1.807) is 0 Å². The van der Waals surface area contributed by atoms with Crippen molar-refractivity contribution in [3.63, 3.8) is 0 Å². The predicted molar refractivity (Wildman–Crippen MR) is 214 cm³/mol. The number of unbranched alkanes of at least 4 members (excludes halogenated alkanes) is 13. The Morgan fingerprint density at radius 1 is 0.623 bits per heavy atom. The minimum absolute atomic E-state index is 0.120. The smallest absolute Gasteiger partial charge is 0.306 e. The van der Waals surface area contributed by atoms with E-state index >= 15 is 0 Å². The first-order valence-corrected chi connectivity index (χ1v) is 20.9. The summed E-state index contributed by atoms with van der Waals surface area (Å²) in [5.74, 6) is -0.330. The third kappa shape index (κ3) is 27.2. The number of esters is 1. The highest BCUT2D eigenvalue weighted by Gasteiger charge is 2.44. The fourth-order valence-corrected chi connectivity index (χ4v) is 5.93. The largest absolute Gasteiger partial charge is 0.457 e. The van der Waals surface area contributed by atoms with Gasteiger partial charge in [0, 0.05) is 13.0 Å². The van der Waals surface area contributed by atoms with Crippen LogP contribution in [0.1, 0.15) is 149 Å². The minimum Gasteiger partial charge on any atom is -0.457 e. The average Bonchev–Trinajstić information content (AvgIpc) is 3.16. The first kappa shape index (κ1) is 48.9. The van der Waals surface area contributed by atoms with E-state index in [1.807, 2.05) is 0 Å². The van der Waals surface area contributed by atoms with Gasteiger partial charge >= 0.3 is 5.97 Å². The first-order chi connectivity index (χ1) is 25.9. The molecule has 9 nitrogen and oxygen atoms in total. The number of aliphatic hydroxyl groups is 4. The fourth-order valence-electron chi connectivity index (χ4n) is 5.93. The normalized spacial score (nSPS) is 21.7. The zero-order chi connectivity index (χ0) is 38.6. The molecule has 9 heteroatoms. The van der Waals surface area contributed by atoms with E-state index in [2.05, 4.69) is 74.6 Å². The first-order valence-electron chi connectivity index (χ1n) is 20.9. The van der Waals surface area contributed by atoms with Crippen LogP contribution in [-0.2, 0) is 23.7 Å². The maximum atomic E-state index is 12.7. The van der Waals surface area contributed by atoms with E-state index < -0.39 is 43.4 Å². The van der Waals surface area contributed by atoms with Gasteiger partial charge in [-0.25, -0.2) is 0 Å². The Hall–Kier alpha value is -2.11. The van der Waals surface area contributed by atoms with Crippen molar-refractivity contribution < 1.29 is 44.2 Å². The highest BCUT2D eigenvalue weighted by Crippen LogP contribution is 2.22. The number of carbonyl (C=O) groups excluding carboxylic acids is 1. The number of allylic oxidation sites excluding steroid dienone is 10. The predicted octanol–water partition coefficient (Wildman–Crippen LogP) is 8.74. The molecule has 0 aromatic heterocycles. The Morgan fingerprint density at radius 2 is 1.15 bits per heavy atom. The fraction of sp³-hybridized carbons (Fsp3) is 0.750. The molecular formula is C44H76O9. The molecule has 0 radical (unpaired) electrons. The maximum Gasteiger partial charge on any atom is 0.306 e. The Bertz CT molecular complexity index is 989. The van der Waals surface area contributed by atoms with Gasteiger partial charge in [-0.2, -0.15) is 0 Å². The van der Waals surface area contributed by atoms with Gasteiger partial charge in [-0.3, -0.25) is 4.79 Å². The standard InChI is InChI=1S/C44H76O9/c1-3-5-7-9-11-12-13-14-15-16-17-18-19-20-21-22-23-24-25-26-27-29-31-33-40(46)52-38(36-50-34-32-30-28-10-8-6-4-2)37-51-44-43(49)42(48)41(47)39(35-45)53-44/h5,7,11-12,14-15,17-18,20-21,38-39,41-45,47-49H,3-4,6,8-10,13,16,19,22-37H2,1-2H3/b7-5-,12-11-,15-14-,18-17-,21-20-. The van der Waals surface area contributed by atoms with E-state index in [9.17, 15) is 25.2 Å². The molecule has 0 saturated carbocycles. The van der Waals surface area contributed by atoms with Crippen molar-refractivity contribution >= 4 is 5.97 Å². The molecule has 0 aromatic rings. The molecule has 0 spiro atoms. The van der Waals surface area contributed by atoms with Crippen LogP contribution in [0.3, 0.4) is 0 Å². The van der Waals surface area contributed by atoms with Gasteiger partial charge in [-0.15, -0.1) is 0 Å². The summed E-state index contributed by atoms with van der Waals surface area (Å²) in [6.07, 6.45) is 36.9. The van der Waals surface area contributed by atoms with E-state index in [-0.39, 0.29) is 19.2 Å². The van der Waals surface area contributed by atoms with Gasteiger partial charge in [-0.1, -0.05) is 145 Å². The lowest BCUT2D eigenvalue weighted by molar-refractivity contribution is -0.305. The molecule has 1 rings (SSSR count). The van der Waals surface area contributed by atoms with Crippen molar-refractivity contribution in [1.82, 2.24) is 0 Å². The SMILES string of the molecule is CC/C=C\C/C=C\C/C=C\C/C=C\C/C=C\CCCCCCCCCC(=O)OC(COCCCCCCCCC)COC1OC(CO)C(O)C(O)C1O. The molecule has 0 bridgehead atoms. The van der Waals surface area contributed by atoms with Crippen molar-refractivity contribution in [3.8, 4) is 0 Å². The molecule has 0 amide bonds. The van der Waals surface area contributed by atoms with Crippen LogP contribution < -0.4 is 0 Å². The van der Waals surface area contributed by atoms with Crippen LogP contribution in [0.5, 0.6) is 0 Å². The number of rotatable bonds is 34. The highest BCUT2D eigenvalue weighted by atomic mass is 16.7. The summed E-state index contributed by atoms with van der Waals surface area (Å²) in [7, 11) is 0. The third-order valence-corrected chi connectivity index (χ3v) is 9.20. The molecule has 1 fully saturated rings. The van der Waals surface area contributed by atoms with Gasteiger partial charge < -0.3 is 39.4 Å². The minimum atomic E-state index is -1.54. The summed E-state index contributed by atoms with van der Waals surface area (Å²) < 4.78 is 22.6. The van der Waals surface area contributed by atoms with Crippen LogP contribution in [0.15, 0.2) is 60.8 Å². The Balaban J connectivity index is 2.22. The number of hydrogen-bond acceptors (Lipinski definition) is 9. The average molecular weight is 749 g/mol. The van der Waals surface area contributed by atoms with Gasteiger partial charge in [-0.05, 0) is 57.8 Å². The second-order valence-corrected chi connectivity index (χ2v) is 14.1. The van der Waals surface area contributed by atoms with E-state index in [0.717, 1.165) is 77.0 Å². The van der Waals surface area contributed by atoms with Gasteiger partial charge in [0.05, 0.1) is 19.8 Å². The van der Waals surface area contributed by atoms with Crippen molar-refractivity contribution in [2.45, 2.75) is 185 Å². The molecule has 0 aromatic carbocycles. The van der Waals surface area contributed by atoms with Gasteiger partial charge in [0.2, 0.25) is 0 Å². The van der Waals surface area contributed by atoms with Crippen molar-refractivity contribution in [3.05, 3.63) is 60.8 Å². The van der Waals surface area contributed by atoms with Crippen molar-refractivity contribution in [1.29, 1.82) is 0 Å². The lowest BCUT2D eigenvalue weighted by Gasteiger charge is -2.39. The second-order valence-electron chi connectivity index (χ2n) is 14.1. The number of hydrogen-bond donors (Lipinski definition) is 4. The lowest BCUT2D eigenvalue weighted by Crippen LogP contribution is -2.59. The zero-order valence-corrected chi connectivity index (χ0v) is 33.2. The second kappa shape index (κ2) is 35.6. The summed E-state index contributed by atoms with van der Waals surface area (Å²) in [5.41, 5.74) is 0. The molecule has 1 saturated heterocycles. The number of carbonyl (C=O) groups is 1. The summed E-state index contributed by atoms with van der Waals surface area (Å²) >= 11 is 0. The molecule has 306 valence electrons. The Labute approximate surface area is 322 Å². The van der Waals surface area contributed by atoms with Gasteiger partial charge in [0.15, 0.2) is 6.29 Å². The molecule has 4 N–H and O–H groups in total. The molecule has 6 atom stereocenters. The number of aliphatic hydroxyl groups excluding tert-OH is 4. The van der Waals surface area contributed by atoms with E-state index in [1.165, 1.54) is 51.4 Å². The summed E-state index contributed by atoms with van der Waals surface area (Å²) in [6.45, 7) is 4.37. The summed E-state index contributed by atoms with van der Waals surface area (Å²) in [6, 6.07) is 0. The van der Waals surface area contributed by atoms with Gasteiger partial charge in [0.1, 0.15) is 30.5 Å². The quantitative estimate of drug-likeness (QED) is 0.0290. The highest BCUT2D eigenvalue weighted by molar-refractivity contribution is 5.69. The molecular weight excluding hydrogens is 672 g/mol. The molecule has 0 aliphatic carbocycles. The molecule has 6 unspecified atom stereocenters. The van der Waals surface area contributed by atoms with Crippen molar-refractivity contribution in [2.24, 2.45) is 0 Å². The zero-order valence-electron chi connectivity index (χ0n) is 33.2. The van der Waals surface area contributed by atoms with Crippen molar-refractivity contribution in [2.75, 3.05) is 26.4 Å². The summed E-state index contributed by atoms with van der Waals surface area (Å²) in [4.78, 5) is 12.7. The monoisotopic (exact) mass is 749 g/mol. The molecule has 1 aliphatic rings. The van der Waals surface area contributed by atoms with Gasteiger partial charge in [0.25, 0.3) is 0 Å². The number of ether oxygens (including phenoxy) is 4. The Morgan fingerprint density at radius 3 is 1.74 bits per heavy atom. The van der Waals surface area contributed by atoms with Crippen LogP contribution in [-0.4, -0.2) is 89.6 Å².